The fourth-order valence-corrected chi connectivity index (χ4v) is 5.10. The number of hydrogen-bond donors (Lipinski definition) is 4. The predicted octanol–water partition coefficient (Wildman–Crippen LogP) is 1.43. The lowest BCUT2D eigenvalue weighted by atomic mass is 10.1. The molecule has 2 aromatic carbocycles. The molecular formula is C25H27N7O4. The third-order valence-corrected chi connectivity index (χ3v) is 6.84. The summed E-state index contributed by atoms with van der Waals surface area (Å²) in [4.78, 5) is 12.4. The number of nitrogens with two attached hydrogens (primary N) is 1. The van der Waals surface area contributed by atoms with Crippen molar-refractivity contribution < 1.29 is 19.7 Å². The molecule has 5 aromatic rings. The van der Waals surface area contributed by atoms with E-state index in [0.29, 0.717) is 30.8 Å². The van der Waals surface area contributed by atoms with Gasteiger partial charge < -0.3 is 35.3 Å². The van der Waals surface area contributed by atoms with Gasteiger partial charge in [-0.1, -0.05) is 24.3 Å². The van der Waals surface area contributed by atoms with E-state index in [-0.39, 0.29) is 5.82 Å². The van der Waals surface area contributed by atoms with Crippen LogP contribution in [0.15, 0.2) is 55.1 Å². The maximum Gasteiger partial charge on any atom is 0.167 e. The number of fused-ring (bicyclic) bond motifs is 4. The van der Waals surface area contributed by atoms with Crippen LogP contribution in [-0.2, 0) is 11.3 Å². The second-order valence-corrected chi connectivity index (χ2v) is 8.86. The molecule has 4 unspecified atom stereocenters. The van der Waals surface area contributed by atoms with Crippen LogP contribution in [0.4, 0.5) is 5.82 Å². The Morgan fingerprint density at radius 1 is 1.06 bits per heavy atom. The molecule has 5 N–H and O–H groups in total. The number of nitrogens with zero attached hydrogens (tertiary/aromatic N) is 5. The van der Waals surface area contributed by atoms with Crippen molar-refractivity contribution in [3.05, 3.63) is 55.1 Å². The Balaban J connectivity index is 1.16. The van der Waals surface area contributed by atoms with E-state index in [0.717, 1.165) is 27.6 Å². The number of methoxy groups -OCH3 is 1. The number of ether oxygens (including phenoxy) is 2. The number of imidazole rings is 1. The van der Waals surface area contributed by atoms with Gasteiger partial charge in [0.1, 0.15) is 35.9 Å². The summed E-state index contributed by atoms with van der Waals surface area (Å²) >= 11 is 0. The monoisotopic (exact) mass is 489 g/mol. The van der Waals surface area contributed by atoms with Gasteiger partial charge in [-0.15, -0.1) is 0 Å². The van der Waals surface area contributed by atoms with Gasteiger partial charge in [0.25, 0.3) is 0 Å². The quantitative estimate of drug-likeness (QED) is 0.249. The average Bonchev–Trinajstić information content (AvgIpc) is 3.55. The SMILES string of the molecule is COc1cccc2c1c1ccccc1n2CCNCC1OC(n2cnc3c(N)ncnc32)C(O)C1O. The highest BCUT2D eigenvalue weighted by molar-refractivity contribution is 6.11. The lowest BCUT2D eigenvalue weighted by molar-refractivity contribution is -0.0341. The van der Waals surface area contributed by atoms with Crippen LogP contribution in [-0.4, -0.2) is 72.8 Å². The van der Waals surface area contributed by atoms with Gasteiger partial charge >= 0.3 is 0 Å². The molecule has 1 fully saturated rings. The standard InChI is InChI=1S/C25H27N7O4/c1-35-17-8-4-7-16-19(17)14-5-2-3-6-15(14)31(16)10-9-27-11-18-21(33)22(34)25(36-18)32-13-30-20-23(26)28-12-29-24(20)32/h2-8,12-13,18,21-22,25,27,33-34H,9-11H2,1H3,(H2,26,28,29). The zero-order valence-electron chi connectivity index (χ0n) is 19.7. The predicted molar refractivity (Wildman–Crippen MR) is 135 cm³/mol. The first kappa shape index (κ1) is 22.7. The van der Waals surface area contributed by atoms with Crippen LogP contribution in [0, 0.1) is 0 Å². The van der Waals surface area contributed by atoms with Crippen molar-refractivity contribution in [3.8, 4) is 5.75 Å². The summed E-state index contributed by atoms with van der Waals surface area (Å²) < 4.78 is 15.5. The van der Waals surface area contributed by atoms with E-state index in [4.69, 9.17) is 15.2 Å². The van der Waals surface area contributed by atoms with E-state index in [2.05, 4.69) is 43.0 Å². The minimum Gasteiger partial charge on any atom is -0.496 e. The summed E-state index contributed by atoms with van der Waals surface area (Å²) in [6.07, 6.45) is -0.845. The molecule has 0 amide bonds. The van der Waals surface area contributed by atoms with Crippen molar-refractivity contribution in [2.75, 3.05) is 25.9 Å². The number of hydrogen-bond acceptors (Lipinski definition) is 9. The maximum atomic E-state index is 10.7. The zero-order chi connectivity index (χ0) is 24.8. The van der Waals surface area contributed by atoms with Gasteiger partial charge in [-0.25, -0.2) is 15.0 Å². The van der Waals surface area contributed by atoms with Crippen molar-refractivity contribution in [3.63, 3.8) is 0 Å². The third kappa shape index (κ3) is 3.56. The number of anilines is 1. The molecular weight excluding hydrogens is 462 g/mol. The van der Waals surface area contributed by atoms with Crippen molar-refractivity contribution in [1.29, 1.82) is 0 Å². The minimum atomic E-state index is -1.14. The normalized spacial score (nSPS) is 22.2. The fourth-order valence-electron chi connectivity index (χ4n) is 5.10. The number of para-hydroxylation sites is 1. The highest BCUT2D eigenvalue weighted by atomic mass is 16.6. The average molecular weight is 490 g/mol. The van der Waals surface area contributed by atoms with E-state index >= 15 is 0 Å². The van der Waals surface area contributed by atoms with Crippen LogP contribution in [0.3, 0.4) is 0 Å². The topological polar surface area (TPSA) is 146 Å². The molecule has 6 rings (SSSR count). The fraction of sp³-hybridized carbons (Fsp3) is 0.320. The Morgan fingerprint density at radius 2 is 1.89 bits per heavy atom. The summed E-state index contributed by atoms with van der Waals surface area (Å²) in [5, 5.41) is 26.9. The number of benzene rings is 2. The molecule has 0 spiro atoms. The highest BCUT2D eigenvalue weighted by Crippen LogP contribution is 2.35. The van der Waals surface area contributed by atoms with E-state index in [1.165, 1.54) is 12.7 Å². The second-order valence-electron chi connectivity index (χ2n) is 8.86. The Labute approximate surface area is 206 Å². The van der Waals surface area contributed by atoms with Crippen LogP contribution in [0.2, 0.25) is 0 Å². The maximum absolute atomic E-state index is 10.7. The van der Waals surface area contributed by atoms with Crippen LogP contribution in [0.1, 0.15) is 6.23 Å². The molecule has 3 aromatic heterocycles. The molecule has 11 heteroatoms. The lowest BCUT2D eigenvalue weighted by Gasteiger charge is -2.16. The molecule has 36 heavy (non-hydrogen) atoms. The summed E-state index contributed by atoms with van der Waals surface area (Å²) in [6, 6.07) is 14.3. The first-order valence-electron chi connectivity index (χ1n) is 11.8. The summed E-state index contributed by atoms with van der Waals surface area (Å²) in [6.45, 7) is 1.70. The van der Waals surface area contributed by atoms with E-state index < -0.39 is 24.5 Å². The van der Waals surface area contributed by atoms with Crippen molar-refractivity contribution in [1.82, 2.24) is 29.4 Å². The van der Waals surface area contributed by atoms with Crippen molar-refractivity contribution in [2.45, 2.75) is 31.1 Å². The third-order valence-electron chi connectivity index (χ3n) is 6.84. The Kier molecular flexibility index (Phi) is 5.69. The van der Waals surface area contributed by atoms with Gasteiger partial charge in [0.05, 0.1) is 19.0 Å². The molecule has 0 bridgehead atoms. The molecule has 186 valence electrons. The van der Waals surface area contributed by atoms with Gasteiger partial charge in [0, 0.05) is 35.9 Å². The molecule has 1 saturated heterocycles. The van der Waals surface area contributed by atoms with Crippen LogP contribution >= 0.6 is 0 Å². The number of rotatable bonds is 7. The van der Waals surface area contributed by atoms with Gasteiger partial charge in [0.15, 0.2) is 17.7 Å². The molecule has 0 radical (unpaired) electrons. The van der Waals surface area contributed by atoms with Crippen molar-refractivity contribution in [2.24, 2.45) is 0 Å². The first-order chi connectivity index (χ1) is 17.6. The van der Waals surface area contributed by atoms with Crippen LogP contribution in [0.25, 0.3) is 33.0 Å². The number of nitrogen functional groups attached to an aromatic ring is 1. The number of aliphatic hydroxyl groups excluding tert-OH is 2. The molecule has 4 heterocycles. The van der Waals surface area contributed by atoms with E-state index in [9.17, 15) is 10.2 Å². The summed E-state index contributed by atoms with van der Waals surface area (Å²) in [5.41, 5.74) is 8.95. The largest absolute Gasteiger partial charge is 0.496 e. The highest BCUT2D eigenvalue weighted by Gasteiger charge is 2.44. The number of aliphatic hydroxyl groups is 2. The zero-order valence-corrected chi connectivity index (χ0v) is 19.7. The van der Waals surface area contributed by atoms with Crippen LogP contribution < -0.4 is 15.8 Å². The molecule has 1 aliphatic rings. The van der Waals surface area contributed by atoms with E-state index in [1.54, 1.807) is 11.7 Å². The Morgan fingerprint density at radius 3 is 2.75 bits per heavy atom. The summed E-state index contributed by atoms with van der Waals surface area (Å²) in [7, 11) is 1.69. The van der Waals surface area contributed by atoms with Gasteiger partial charge in [0.2, 0.25) is 0 Å². The van der Waals surface area contributed by atoms with Gasteiger partial charge in [-0.3, -0.25) is 4.57 Å². The number of aromatic nitrogens is 5. The molecule has 0 aliphatic carbocycles. The van der Waals surface area contributed by atoms with Gasteiger partial charge in [-0.05, 0) is 18.2 Å². The summed E-state index contributed by atoms with van der Waals surface area (Å²) in [5.74, 6) is 1.09. The van der Waals surface area contributed by atoms with E-state index in [1.807, 2.05) is 24.3 Å². The van der Waals surface area contributed by atoms with Gasteiger partial charge in [-0.2, -0.15) is 0 Å². The Hall–Kier alpha value is -3.77. The molecule has 11 nitrogen and oxygen atoms in total. The minimum absolute atomic E-state index is 0.243. The lowest BCUT2D eigenvalue weighted by Crippen LogP contribution is -2.38. The first-order valence-corrected chi connectivity index (χ1v) is 11.8. The second kappa shape index (κ2) is 9.03. The smallest absolute Gasteiger partial charge is 0.167 e. The molecule has 0 saturated carbocycles. The molecule has 4 atom stereocenters. The number of nitrogens with one attached hydrogen (secondary N) is 1. The van der Waals surface area contributed by atoms with Crippen molar-refractivity contribution >= 4 is 38.8 Å². The molecule has 1 aliphatic heterocycles. The Bertz CT molecular complexity index is 1550. The van der Waals surface area contributed by atoms with Crippen LogP contribution in [0.5, 0.6) is 5.75 Å².